The molecule has 0 aliphatic heterocycles. The molecule has 1 saturated carbocycles. The second kappa shape index (κ2) is 5.76. The van der Waals surface area contributed by atoms with Crippen molar-refractivity contribution in [3.8, 4) is 0 Å². The van der Waals surface area contributed by atoms with Gasteiger partial charge in [0.15, 0.2) is 0 Å². The lowest BCUT2D eigenvalue weighted by Crippen LogP contribution is -2.37. The lowest BCUT2D eigenvalue weighted by molar-refractivity contribution is 0.535. The maximum Gasteiger partial charge on any atom is 0.337 e. The highest BCUT2D eigenvalue weighted by molar-refractivity contribution is 7.02. The van der Waals surface area contributed by atoms with Crippen LogP contribution in [-0.2, 0) is 5.54 Å². The summed E-state index contributed by atoms with van der Waals surface area (Å²) in [5, 5.41) is 0.698. The Morgan fingerprint density at radius 2 is 1.79 bits per heavy atom. The topological polar surface area (TPSA) is 50.1 Å². The third kappa shape index (κ3) is 2.64. The maximum absolute atomic E-state index is 12.4. The summed E-state index contributed by atoms with van der Waals surface area (Å²) in [5.74, 6) is 0. The molecule has 0 radical (unpaired) electrons. The number of nitrogens with one attached hydrogen (secondary N) is 1. The first-order chi connectivity index (χ1) is 11.6. The lowest BCUT2D eigenvalue weighted by Gasteiger charge is -2.16. The van der Waals surface area contributed by atoms with Gasteiger partial charge in [-0.15, -0.1) is 0 Å². The number of hydrogen-bond acceptors (Lipinski definition) is 3. The summed E-state index contributed by atoms with van der Waals surface area (Å²) in [5.41, 5.74) is 2.71. The Bertz CT molecular complexity index is 992. The molecule has 0 bridgehead atoms. The van der Waals surface area contributed by atoms with E-state index in [1.165, 1.54) is 17.1 Å². The number of aryl methyl sites for hydroxylation is 1. The van der Waals surface area contributed by atoms with Crippen LogP contribution in [0, 0.1) is 6.92 Å². The number of H-pyrrole nitrogens is 1. The third-order valence-corrected chi connectivity index (χ3v) is 5.40. The molecule has 3 aromatic rings. The van der Waals surface area contributed by atoms with Crippen molar-refractivity contribution in [1.29, 1.82) is 0 Å². The molecule has 2 aromatic carbocycles. The van der Waals surface area contributed by atoms with Gasteiger partial charge in [0.2, 0.25) is 4.80 Å². The Morgan fingerprint density at radius 3 is 2.42 bits per heavy atom. The largest absolute Gasteiger partial charge is 0.337 e. The van der Waals surface area contributed by atoms with Crippen molar-refractivity contribution in [2.45, 2.75) is 25.3 Å². The van der Waals surface area contributed by atoms with Crippen molar-refractivity contribution in [2.24, 2.45) is 4.99 Å². The number of rotatable bonds is 3. The average Bonchev–Trinajstić information content (AvgIpc) is 3.29. The van der Waals surface area contributed by atoms with Gasteiger partial charge in [0, 0.05) is 5.02 Å². The average molecular weight is 358 g/mol. The molecule has 1 heterocycles. The zero-order chi connectivity index (χ0) is 16.7. The van der Waals surface area contributed by atoms with E-state index in [9.17, 15) is 4.79 Å². The van der Waals surface area contributed by atoms with Crippen LogP contribution >= 0.6 is 23.1 Å². The van der Waals surface area contributed by atoms with Crippen molar-refractivity contribution in [2.75, 3.05) is 0 Å². The highest BCUT2D eigenvalue weighted by Gasteiger charge is 2.48. The molecule has 0 saturated heterocycles. The fraction of sp³-hybridized carbons (Fsp3) is 0.222. The fourth-order valence-corrected chi connectivity index (χ4v) is 3.86. The Kier molecular flexibility index (Phi) is 3.70. The summed E-state index contributed by atoms with van der Waals surface area (Å²) in [6, 6.07) is 15.7. The van der Waals surface area contributed by atoms with Crippen LogP contribution < -0.4 is 10.5 Å². The van der Waals surface area contributed by atoms with Crippen LogP contribution in [0.1, 0.15) is 24.0 Å². The first-order valence-electron chi connectivity index (χ1n) is 7.77. The highest BCUT2D eigenvalue weighted by Crippen LogP contribution is 2.48. The second-order valence-electron chi connectivity index (χ2n) is 6.11. The van der Waals surface area contributed by atoms with Gasteiger partial charge >= 0.3 is 5.69 Å². The van der Waals surface area contributed by atoms with Crippen LogP contribution in [0.15, 0.2) is 58.3 Å². The number of aromatic amines is 1. The van der Waals surface area contributed by atoms with Gasteiger partial charge in [-0.1, -0.05) is 41.4 Å². The maximum atomic E-state index is 12.4. The van der Waals surface area contributed by atoms with Gasteiger partial charge in [-0.05, 0) is 61.1 Å². The van der Waals surface area contributed by atoms with Crippen LogP contribution in [-0.4, -0.2) is 8.94 Å². The quantitative estimate of drug-likeness (QED) is 0.757. The number of nitrogens with zero attached hydrogens (tertiary/aromatic N) is 2. The number of benzene rings is 2. The lowest BCUT2D eigenvalue weighted by atomic mass is 10.1. The summed E-state index contributed by atoms with van der Waals surface area (Å²) in [6.45, 7) is 2.04. The smallest absolute Gasteiger partial charge is 0.259 e. The Hall–Kier alpha value is -2.11. The summed E-state index contributed by atoms with van der Waals surface area (Å²) < 4.78 is 4.62. The molecule has 1 N–H and O–H groups in total. The molecule has 1 aliphatic rings. The van der Waals surface area contributed by atoms with Crippen molar-refractivity contribution in [3.63, 3.8) is 0 Å². The molecule has 1 fully saturated rings. The first-order valence-corrected chi connectivity index (χ1v) is 8.96. The molecule has 0 unspecified atom stereocenters. The van der Waals surface area contributed by atoms with Gasteiger partial charge in [-0.25, -0.2) is 9.79 Å². The van der Waals surface area contributed by atoms with E-state index in [0.717, 1.165) is 24.1 Å². The minimum Gasteiger partial charge on any atom is -0.259 e. The normalized spacial score (nSPS) is 16.3. The molecule has 4 rings (SSSR count). The van der Waals surface area contributed by atoms with Crippen molar-refractivity contribution in [1.82, 2.24) is 8.94 Å². The molecule has 4 nitrogen and oxygen atoms in total. The molecular weight excluding hydrogens is 342 g/mol. The predicted octanol–water partition coefficient (Wildman–Crippen LogP) is 3.97. The van der Waals surface area contributed by atoms with Crippen LogP contribution in [0.3, 0.4) is 0 Å². The second-order valence-corrected chi connectivity index (χ2v) is 7.32. The molecule has 0 atom stereocenters. The van der Waals surface area contributed by atoms with Gasteiger partial charge in [0.1, 0.15) is 0 Å². The zero-order valence-corrected chi connectivity index (χ0v) is 14.7. The first kappa shape index (κ1) is 15.4. The number of aromatic nitrogens is 2. The van der Waals surface area contributed by atoms with E-state index in [0.29, 0.717) is 9.82 Å². The van der Waals surface area contributed by atoms with Gasteiger partial charge in [-0.3, -0.25) is 8.94 Å². The fourth-order valence-electron chi connectivity index (χ4n) is 2.97. The van der Waals surface area contributed by atoms with Crippen molar-refractivity contribution >= 4 is 28.8 Å². The van der Waals surface area contributed by atoms with Gasteiger partial charge in [-0.2, -0.15) is 0 Å². The van der Waals surface area contributed by atoms with Crippen LogP contribution in [0.25, 0.3) is 0 Å². The van der Waals surface area contributed by atoms with E-state index in [1.807, 2.05) is 55.5 Å². The SMILES string of the molecule is Cc1ccc(N=c2s[nH]c(=O)n2C2(c3ccc(Cl)cc3)CC2)cc1. The minimum absolute atomic E-state index is 0.113. The van der Waals surface area contributed by atoms with E-state index >= 15 is 0 Å². The predicted molar refractivity (Wildman–Crippen MR) is 97.1 cm³/mol. The molecule has 122 valence electrons. The Balaban J connectivity index is 1.85. The van der Waals surface area contributed by atoms with Crippen LogP contribution in [0.5, 0.6) is 0 Å². The molecule has 0 spiro atoms. The van der Waals surface area contributed by atoms with Gasteiger partial charge in [0.05, 0.1) is 11.2 Å². The highest BCUT2D eigenvalue weighted by atomic mass is 35.5. The molecule has 1 aromatic heterocycles. The molecule has 0 amide bonds. The van der Waals surface area contributed by atoms with Crippen LogP contribution in [0.4, 0.5) is 5.69 Å². The number of halogens is 1. The van der Waals surface area contributed by atoms with E-state index in [2.05, 4.69) is 9.37 Å². The molecule has 24 heavy (non-hydrogen) atoms. The standard InChI is InChI=1S/C18H16ClN3OS/c1-12-2-8-15(9-3-12)20-17-22(16(23)21-24-17)18(10-11-18)13-4-6-14(19)7-5-13/h2-9H,10-11H2,1H3,(H,21,23). The number of hydrogen-bond donors (Lipinski definition) is 1. The molecular formula is C18H16ClN3OS. The molecule has 6 heteroatoms. The van der Waals surface area contributed by atoms with Crippen LogP contribution in [0.2, 0.25) is 5.02 Å². The Labute approximate surface area is 148 Å². The van der Waals surface area contributed by atoms with E-state index < -0.39 is 0 Å². The minimum atomic E-state index is -0.304. The van der Waals surface area contributed by atoms with E-state index in [-0.39, 0.29) is 11.2 Å². The third-order valence-electron chi connectivity index (χ3n) is 4.42. The summed E-state index contributed by atoms with van der Waals surface area (Å²) >= 11 is 7.27. The van der Waals surface area contributed by atoms with Crippen molar-refractivity contribution < 1.29 is 0 Å². The van der Waals surface area contributed by atoms with E-state index in [1.54, 1.807) is 4.57 Å². The summed E-state index contributed by atoms with van der Waals surface area (Å²) in [7, 11) is 0. The molecule has 1 aliphatic carbocycles. The Morgan fingerprint density at radius 1 is 1.12 bits per heavy atom. The summed E-state index contributed by atoms with van der Waals surface area (Å²) in [6.07, 6.45) is 1.85. The summed E-state index contributed by atoms with van der Waals surface area (Å²) in [4.78, 5) is 17.8. The van der Waals surface area contributed by atoms with Gasteiger partial charge < -0.3 is 0 Å². The zero-order valence-electron chi connectivity index (χ0n) is 13.1. The van der Waals surface area contributed by atoms with Crippen molar-refractivity contribution in [3.05, 3.63) is 80.0 Å². The van der Waals surface area contributed by atoms with Gasteiger partial charge in [0.25, 0.3) is 0 Å². The monoisotopic (exact) mass is 357 g/mol. The van der Waals surface area contributed by atoms with E-state index in [4.69, 9.17) is 11.6 Å².